The van der Waals surface area contributed by atoms with E-state index < -0.39 is 15.8 Å². The highest BCUT2D eigenvalue weighted by atomic mass is 32.2. The molecule has 2 N–H and O–H groups in total. The van der Waals surface area contributed by atoms with E-state index in [0.717, 1.165) is 12.8 Å². The molecular weight excluding hydrogens is 279 g/mol. The van der Waals surface area contributed by atoms with Crippen LogP contribution in [0, 0.1) is 18.7 Å². The Morgan fingerprint density at radius 2 is 2.00 bits per heavy atom. The highest BCUT2D eigenvalue weighted by Crippen LogP contribution is 2.31. The normalized spacial score (nSPS) is 24.8. The Balaban J connectivity index is 2.47. The average Bonchev–Trinajstić information content (AvgIpc) is 2.36. The maximum absolute atomic E-state index is 14.0. The van der Waals surface area contributed by atoms with Crippen LogP contribution in [0.25, 0.3) is 0 Å². The van der Waals surface area contributed by atoms with Crippen molar-refractivity contribution in [2.45, 2.75) is 44.6 Å². The lowest BCUT2D eigenvalue weighted by Crippen LogP contribution is -2.46. The van der Waals surface area contributed by atoms with E-state index in [1.807, 2.05) is 13.8 Å². The van der Waals surface area contributed by atoms with E-state index >= 15 is 0 Å². The summed E-state index contributed by atoms with van der Waals surface area (Å²) in [4.78, 5) is -0.318. The molecule has 112 valence electrons. The van der Waals surface area contributed by atoms with Gasteiger partial charge in [-0.1, -0.05) is 6.92 Å². The molecule has 6 heteroatoms. The van der Waals surface area contributed by atoms with Crippen molar-refractivity contribution in [2.75, 3.05) is 12.3 Å². The van der Waals surface area contributed by atoms with Crippen LogP contribution in [0.15, 0.2) is 17.0 Å². The largest absolute Gasteiger partial charge is 0.398 e. The van der Waals surface area contributed by atoms with Gasteiger partial charge in [0.05, 0.1) is 0 Å². The van der Waals surface area contributed by atoms with Crippen molar-refractivity contribution in [1.29, 1.82) is 0 Å². The molecule has 0 bridgehead atoms. The maximum Gasteiger partial charge on any atom is 0.246 e. The van der Waals surface area contributed by atoms with Crippen molar-refractivity contribution in [3.63, 3.8) is 0 Å². The molecule has 0 aliphatic carbocycles. The number of hydrogen-bond donors (Lipinski definition) is 1. The summed E-state index contributed by atoms with van der Waals surface area (Å²) >= 11 is 0. The molecule has 1 saturated heterocycles. The molecule has 2 unspecified atom stereocenters. The van der Waals surface area contributed by atoms with Crippen LogP contribution in [-0.2, 0) is 10.0 Å². The summed E-state index contributed by atoms with van der Waals surface area (Å²) in [7, 11) is -3.84. The van der Waals surface area contributed by atoms with Crippen molar-refractivity contribution in [3.8, 4) is 0 Å². The first-order valence-electron chi connectivity index (χ1n) is 6.82. The first-order chi connectivity index (χ1) is 9.25. The van der Waals surface area contributed by atoms with E-state index in [2.05, 4.69) is 0 Å². The average molecular weight is 300 g/mol. The highest BCUT2D eigenvalue weighted by Gasteiger charge is 2.36. The summed E-state index contributed by atoms with van der Waals surface area (Å²) in [6.07, 6.45) is 1.79. The molecule has 4 nitrogen and oxygen atoms in total. The number of nitrogens with two attached hydrogens (primary N) is 1. The van der Waals surface area contributed by atoms with Gasteiger partial charge < -0.3 is 5.73 Å². The monoisotopic (exact) mass is 300 g/mol. The van der Waals surface area contributed by atoms with Crippen molar-refractivity contribution < 1.29 is 12.8 Å². The lowest BCUT2D eigenvalue weighted by atomic mass is 9.94. The fourth-order valence-corrected chi connectivity index (χ4v) is 4.48. The highest BCUT2D eigenvalue weighted by molar-refractivity contribution is 7.89. The molecular formula is C14H21FN2O2S. The van der Waals surface area contributed by atoms with Gasteiger partial charge in [0.25, 0.3) is 0 Å². The van der Waals surface area contributed by atoms with Crippen LogP contribution < -0.4 is 5.73 Å². The third-order valence-electron chi connectivity index (χ3n) is 4.22. The van der Waals surface area contributed by atoms with Crippen LogP contribution in [0.3, 0.4) is 0 Å². The minimum Gasteiger partial charge on any atom is -0.398 e. The third-order valence-corrected chi connectivity index (χ3v) is 6.22. The van der Waals surface area contributed by atoms with E-state index in [1.54, 1.807) is 6.92 Å². The van der Waals surface area contributed by atoms with Gasteiger partial charge in [-0.2, -0.15) is 4.31 Å². The van der Waals surface area contributed by atoms with Gasteiger partial charge in [-0.3, -0.25) is 0 Å². The minimum absolute atomic E-state index is 0.129. The van der Waals surface area contributed by atoms with E-state index in [-0.39, 0.29) is 16.9 Å². The minimum atomic E-state index is -3.84. The number of sulfonamides is 1. The predicted molar refractivity (Wildman–Crippen MR) is 77.3 cm³/mol. The Hall–Kier alpha value is -1.14. The zero-order valence-corrected chi connectivity index (χ0v) is 12.9. The number of rotatable bonds is 2. The number of anilines is 1. The molecule has 0 spiro atoms. The molecule has 1 aromatic carbocycles. The number of hydrogen-bond acceptors (Lipinski definition) is 3. The molecule has 1 aliphatic rings. The lowest BCUT2D eigenvalue weighted by Gasteiger charge is -2.36. The van der Waals surface area contributed by atoms with Crippen LogP contribution in [-0.4, -0.2) is 25.3 Å². The molecule has 2 rings (SSSR count). The number of nitrogen functional groups attached to an aromatic ring is 1. The van der Waals surface area contributed by atoms with Gasteiger partial charge in [0.1, 0.15) is 10.7 Å². The first kappa shape index (κ1) is 15.3. The quantitative estimate of drug-likeness (QED) is 0.854. The SMILES string of the molecule is Cc1cc(F)c(S(=O)(=O)N2CCCC(C)C2C)cc1N. The van der Waals surface area contributed by atoms with Crippen LogP contribution >= 0.6 is 0 Å². The van der Waals surface area contributed by atoms with Gasteiger partial charge in [0.15, 0.2) is 0 Å². The van der Waals surface area contributed by atoms with Crippen LogP contribution in [0.4, 0.5) is 10.1 Å². The van der Waals surface area contributed by atoms with Crippen molar-refractivity contribution >= 4 is 15.7 Å². The molecule has 0 radical (unpaired) electrons. The zero-order chi connectivity index (χ0) is 15.1. The van der Waals surface area contributed by atoms with Gasteiger partial charge in [-0.05, 0) is 50.3 Å². The topological polar surface area (TPSA) is 63.4 Å². The van der Waals surface area contributed by atoms with Crippen molar-refractivity contribution in [3.05, 3.63) is 23.5 Å². The first-order valence-corrected chi connectivity index (χ1v) is 8.26. The summed E-state index contributed by atoms with van der Waals surface area (Å²) in [5, 5.41) is 0. The van der Waals surface area contributed by atoms with Gasteiger partial charge in [0, 0.05) is 18.3 Å². The molecule has 1 aromatic rings. The summed E-state index contributed by atoms with van der Waals surface area (Å²) in [6, 6.07) is 2.28. The number of piperidine rings is 1. The van der Waals surface area contributed by atoms with Crippen LogP contribution in [0.1, 0.15) is 32.3 Å². The van der Waals surface area contributed by atoms with E-state index in [0.29, 0.717) is 17.8 Å². The molecule has 2 atom stereocenters. The van der Waals surface area contributed by atoms with Crippen molar-refractivity contribution in [1.82, 2.24) is 4.31 Å². The van der Waals surface area contributed by atoms with Gasteiger partial charge in [0.2, 0.25) is 10.0 Å². The second-order valence-corrected chi connectivity index (χ2v) is 7.47. The van der Waals surface area contributed by atoms with Crippen LogP contribution in [0.2, 0.25) is 0 Å². The molecule has 0 aromatic heterocycles. The maximum atomic E-state index is 14.0. The second-order valence-electron chi connectivity index (χ2n) is 5.62. The predicted octanol–water partition coefficient (Wildman–Crippen LogP) is 2.53. The van der Waals surface area contributed by atoms with Gasteiger partial charge in [-0.15, -0.1) is 0 Å². The second kappa shape index (κ2) is 5.33. The molecule has 0 saturated carbocycles. The lowest BCUT2D eigenvalue weighted by molar-refractivity contribution is 0.202. The molecule has 20 heavy (non-hydrogen) atoms. The summed E-state index contributed by atoms with van der Waals surface area (Å²) in [5.74, 6) is -0.466. The fraction of sp³-hybridized carbons (Fsp3) is 0.571. The Kier molecular flexibility index (Phi) is 4.07. The van der Waals surface area contributed by atoms with Crippen molar-refractivity contribution in [2.24, 2.45) is 5.92 Å². The summed E-state index contributed by atoms with van der Waals surface area (Å²) < 4.78 is 40.8. The number of nitrogens with zero attached hydrogens (tertiary/aromatic N) is 1. The van der Waals surface area contributed by atoms with E-state index in [1.165, 1.54) is 16.4 Å². The number of halogens is 1. The smallest absolute Gasteiger partial charge is 0.246 e. The molecule has 1 aliphatic heterocycles. The fourth-order valence-electron chi connectivity index (χ4n) is 2.63. The molecule has 0 amide bonds. The Morgan fingerprint density at radius 1 is 1.35 bits per heavy atom. The number of aryl methyl sites for hydroxylation is 1. The molecule has 1 fully saturated rings. The zero-order valence-electron chi connectivity index (χ0n) is 12.1. The van der Waals surface area contributed by atoms with Gasteiger partial charge >= 0.3 is 0 Å². The Bertz CT molecular complexity index is 616. The Morgan fingerprint density at radius 3 is 2.65 bits per heavy atom. The third kappa shape index (κ3) is 2.54. The van der Waals surface area contributed by atoms with Gasteiger partial charge in [-0.25, -0.2) is 12.8 Å². The summed E-state index contributed by atoms with van der Waals surface area (Å²) in [5.41, 5.74) is 6.57. The van der Waals surface area contributed by atoms with E-state index in [4.69, 9.17) is 5.73 Å². The van der Waals surface area contributed by atoms with Crippen LogP contribution in [0.5, 0.6) is 0 Å². The summed E-state index contributed by atoms with van der Waals surface area (Å²) in [6.45, 7) is 5.98. The molecule has 1 heterocycles. The number of benzene rings is 1. The Labute approximate surface area is 119 Å². The van der Waals surface area contributed by atoms with E-state index in [9.17, 15) is 12.8 Å². The standard InChI is InChI=1S/C14H21FN2O2S/c1-9-5-4-6-17(11(9)3)20(18,19)14-8-13(16)10(2)7-12(14)15/h7-9,11H,4-6,16H2,1-3H3.